The SMILES string of the molecule is CN(C)S(=O)(=O)N1C=CC=CC1. The molecule has 0 unspecified atom stereocenters. The van der Waals surface area contributed by atoms with Crippen molar-refractivity contribution in [3.05, 3.63) is 24.4 Å². The maximum Gasteiger partial charge on any atom is 0.303 e. The summed E-state index contributed by atoms with van der Waals surface area (Å²) >= 11 is 0. The van der Waals surface area contributed by atoms with Crippen molar-refractivity contribution in [1.29, 1.82) is 0 Å². The highest BCUT2D eigenvalue weighted by molar-refractivity contribution is 7.86. The summed E-state index contributed by atoms with van der Waals surface area (Å²) in [6.07, 6.45) is 6.86. The smallest absolute Gasteiger partial charge is 0.261 e. The lowest BCUT2D eigenvalue weighted by molar-refractivity contribution is 0.453. The highest BCUT2D eigenvalue weighted by atomic mass is 32.2. The zero-order valence-corrected chi connectivity index (χ0v) is 7.95. The van der Waals surface area contributed by atoms with Gasteiger partial charge in [0.15, 0.2) is 0 Å². The van der Waals surface area contributed by atoms with Crippen LogP contribution in [0.15, 0.2) is 24.4 Å². The first kappa shape index (κ1) is 9.28. The average Bonchev–Trinajstić information content (AvgIpc) is 2.06. The molecule has 0 bridgehead atoms. The second kappa shape index (κ2) is 3.28. The summed E-state index contributed by atoms with van der Waals surface area (Å²) in [5, 5.41) is 0. The molecule has 1 heterocycles. The molecule has 0 aromatic rings. The van der Waals surface area contributed by atoms with Crippen molar-refractivity contribution in [2.75, 3.05) is 20.6 Å². The van der Waals surface area contributed by atoms with Gasteiger partial charge >= 0.3 is 10.2 Å². The normalized spacial score (nSPS) is 17.4. The molecule has 0 spiro atoms. The third-order valence-electron chi connectivity index (χ3n) is 1.54. The molecule has 1 aliphatic rings. The van der Waals surface area contributed by atoms with Crippen LogP contribution in [-0.4, -0.2) is 37.7 Å². The first-order chi connectivity index (χ1) is 5.55. The Hall–Kier alpha value is -0.810. The summed E-state index contributed by atoms with van der Waals surface area (Å²) in [7, 11) is -0.241. The fourth-order valence-electron chi connectivity index (χ4n) is 0.831. The van der Waals surface area contributed by atoms with E-state index >= 15 is 0 Å². The van der Waals surface area contributed by atoms with Crippen LogP contribution in [-0.2, 0) is 10.2 Å². The summed E-state index contributed by atoms with van der Waals surface area (Å²) in [5.74, 6) is 0. The van der Waals surface area contributed by atoms with Gasteiger partial charge < -0.3 is 0 Å². The van der Waals surface area contributed by atoms with Crippen LogP contribution in [0.1, 0.15) is 0 Å². The van der Waals surface area contributed by atoms with Crippen molar-refractivity contribution in [2.45, 2.75) is 0 Å². The van der Waals surface area contributed by atoms with E-state index in [1.807, 2.05) is 6.08 Å². The summed E-state index contributed by atoms with van der Waals surface area (Å²) < 4.78 is 25.4. The van der Waals surface area contributed by atoms with E-state index in [1.54, 1.807) is 18.4 Å². The van der Waals surface area contributed by atoms with Gasteiger partial charge in [0.2, 0.25) is 0 Å². The van der Waals surface area contributed by atoms with Gasteiger partial charge in [-0.2, -0.15) is 12.7 Å². The van der Waals surface area contributed by atoms with Crippen molar-refractivity contribution in [1.82, 2.24) is 8.61 Å². The van der Waals surface area contributed by atoms with Crippen molar-refractivity contribution in [3.8, 4) is 0 Å². The van der Waals surface area contributed by atoms with Crippen LogP contribution in [0.4, 0.5) is 0 Å². The predicted molar refractivity (Wildman–Crippen MR) is 47.6 cm³/mol. The van der Waals surface area contributed by atoms with Gasteiger partial charge in [-0.1, -0.05) is 12.2 Å². The maximum atomic E-state index is 11.5. The molecule has 5 heteroatoms. The second-order valence-electron chi connectivity index (χ2n) is 2.63. The number of rotatable bonds is 2. The van der Waals surface area contributed by atoms with Gasteiger partial charge in [-0.15, -0.1) is 0 Å². The molecule has 0 saturated heterocycles. The first-order valence-corrected chi connectivity index (χ1v) is 4.97. The molecule has 0 N–H and O–H groups in total. The van der Waals surface area contributed by atoms with E-state index in [0.717, 1.165) is 0 Å². The fourth-order valence-corrected chi connectivity index (χ4v) is 1.75. The summed E-state index contributed by atoms with van der Waals surface area (Å²) in [5.41, 5.74) is 0. The number of hydrogen-bond donors (Lipinski definition) is 0. The minimum Gasteiger partial charge on any atom is -0.261 e. The third-order valence-corrected chi connectivity index (χ3v) is 3.33. The quantitative estimate of drug-likeness (QED) is 0.620. The molecule has 0 amide bonds. The lowest BCUT2D eigenvalue weighted by atomic mass is 10.4. The highest BCUT2D eigenvalue weighted by Gasteiger charge is 2.20. The Morgan fingerprint density at radius 1 is 1.33 bits per heavy atom. The van der Waals surface area contributed by atoms with Crippen molar-refractivity contribution in [2.24, 2.45) is 0 Å². The monoisotopic (exact) mass is 188 g/mol. The van der Waals surface area contributed by atoms with Crippen LogP contribution >= 0.6 is 0 Å². The molecule has 12 heavy (non-hydrogen) atoms. The number of hydrogen-bond acceptors (Lipinski definition) is 2. The Morgan fingerprint density at radius 3 is 2.42 bits per heavy atom. The van der Waals surface area contributed by atoms with Crippen molar-refractivity contribution < 1.29 is 8.42 Å². The minimum atomic E-state index is -3.27. The highest BCUT2D eigenvalue weighted by Crippen LogP contribution is 2.07. The average molecular weight is 188 g/mol. The number of nitrogens with zero attached hydrogens (tertiary/aromatic N) is 2. The largest absolute Gasteiger partial charge is 0.303 e. The Labute approximate surface area is 73.0 Å². The molecule has 1 rings (SSSR count). The van der Waals surface area contributed by atoms with E-state index in [4.69, 9.17) is 0 Å². The Morgan fingerprint density at radius 2 is 2.00 bits per heavy atom. The van der Waals surface area contributed by atoms with Crippen LogP contribution in [0.2, 0.25) is 0 Å². The summed E-state index contributed by atoms with van der Waals surface area (Å²) in [4.78, 5) is 0. The van der Waals surface area contributed by atoms with E-state index in [0.29, 0.717) is 6.54 Å². The Bertz CT molecular complexity index is 303. The van der Waals surface area contributed by atoms with Gasteiger partial charge in [-0.25, -0.2) is 0 Å². The lowest BCUT2D eigenvalue weighted by Gasteiger charge is -2.23. The van der Waals surface area contributed by atoms with Crippen molar-refractivity contribution >= 4 is 10.2 Å². The molecule has 0 saturated carbocycles. The molecule has 0 fully saturated rings. The fraction of sp³-hybridized carbons (Fsp3) is 0.429. The minimum absolute atomic E-state index is 0.414. The zero-order valence-electron chi connectivity index (χ0n) is 7.14. The molecule has 0 aromatic carbocycles. The van der Waals surface area contributed by atoms with E-state index < -0.39 is 10.2 Å². The van der Waals surface area contributed by atoms with E-state index in [2.05, 4.69) is 0 Å². The molecular weight excluding hydrogens is 176 g/mol. The molecule has 0 aliphatic carbocycles. The zero-order chi connectivity index (χ0) is 9.19. The van der Waals surface area contributed by atoms with Gasteiger partial charge in [0.25, 0.3) is 0 Å². The van der Waals surface area contributed by atoms with Crippen LogP contribution in [0.5, 0.6) is 0 Å². The van der Waals surface area contributed by atoms with E-state index in [9.17, 15) is 8.42 Å². The molecule has 1 aliphatic heterocycles. The van der Waals surface area contributed by atoms with Gasteiger partial charge in [0, 0.05) is 20.3 Å². The van der Waals surface area contributed by atoms with Crippen molar-refractivity contribution in [3.63, 3.8) is 0 Å². The van der Waals surface area contributed by atoms with E-state index in [-0.39, 0.29) is 0 Å². The standard InChI is InChI=1S/C7H12N2O2S/c1-8(2)12(10,11)9-6-4-3-5-7-9/h3-6H,7H2,1-2H3. The first-order valence-electron chi connectivity index (χ1n) is 3.58. The summed E-state index contributed by atoms with van der Waals surface area (Å²) in [6, 6.07) is 0. The van der Waals surface area contributed by atoms with Crippen LogP contribution in [0.3, 0.4) is 0 Å². The molecule has 4 nitrogen and oxygen atoms in total. The predicted octanol–water partition coefficient (Wildman–Crippen LogP) is 0.178. The van der Waals surface area contributed by atoms with Crippen LogP contribution < -0.4 is 0 Å². The molecular formula is C7H12N2O2S. The van der Waals surface area contributed by atoms with Gasteiger partial charge in [0.05, 0.1) is 6.54 Å². The molecule has 0 atom stereocenters. The third kappa shape index (κ3) is 1.67. The number of allylic oxidation sites excluding steroid dienone is 2. The molecule has 0 aromatic heterocycles. The van der Waals surface area contributed by atoms with Crippen LogP contribution in [0, 0.1) is 0 Å². The molecule has 68 valence electrons. The van der Waals surface area contributed by atoms with Gasteiger partial charge in [0.1, 0.15) is 0 Å². The maximum absolute atomic E-state index is 11.5. The van der Waals surface area contributed by atoms with Gasteiger partial charge in [-0.05, 0) is 6.08 Å². The van der Waals surface area contributed by atoms with Gasteiger partial charge in [-0.3, -0.25) is 4.31 Å². The lowest BCUT2D eigenvalue weighted by Crippen LogP contribution is -2.37. The Kier molecular flexibility index (Phi) is 2.54. The van der Waals surface area contributed by atoms with E-state index in [1.165, 1.54) is 22.7 Å². The Balaban J connectivity index is 2.84. The molecule has 0 radical (unpaired) electrons. The second-order valence-corrected chi connectivity index (χ2v) is 4.72. The summed E-state index contributed by atoms with van der Waals surface area (Å²) in [6.45, 7) is 0.414. The van der Waals surface area contributed by atoms with Crippen LogP contribution in [0.25, 0.3) is 0 Å². The topological polar surface area (TPSA) is 40.6 Å².